The predicted molar refractivity (Wildman–Crippen MR) is 87.4 cm³/mol. The lowest BCUT2D eigenvalue weighted by atomic mass is 9.94. The smallest absolute Gasteiger partial charge is 0.246 e. The fraction of sp³-hybridized carbons (Fsp3) is 0.538. The van der Waals surface area contributed by atoms with Gasteiger partial charge in [0.25, 0.3) is 0 Å². The number of hydrogen-bond acceptors (Lipinski definition) is 3. The summed E-state index contributed by atoms with van der Waals surface area (Å²) in [4.78, 5) is 0.00711. The van der Waals surface area contributed by atoms with E-state index in [-0.39, 0.29) is 21.0 Å². The summed E-state index contributed by atoms with van der Waals surface area (Å²) in [6.45, 7) is 1.97. The molecule has 2 heterocycles. The highest BCUT2D eigenvalue weighted by Gasteiger charge is 2.41. The van der Waals surface area contributed by atoms with Crippen molar-refractivity contribution in [2.24, 2.45) is 5.92 Å². The third-order valence-electron chi connectivity index (χ3n) is 4.13. The molecule has 0 spiro atoms. The Bertz CT molecular complexity index is 631. The number of fused-ring (bicyclic) bond motifs is 1. The summed E-state index contributed by atoms with van der Waals surface area (Å²) in [5, 5.41) is 3.69. The Morgan fingerprint density at radius 2 is 1.90 bits per heavy atom. The number of nitrogens with zero attached hydrogens (tertiary/aromatic N) is 1. The molecule has 0 amide bonds. The van der Waals surface area contributed by atoms with Gasteiger partial charge in [0.05, 0.1) is 10.0 Å². The van der Waals surface area contributed by atoms with Crippen molar-refractivity contribution in [3.63, 3.8) is 0 Å². The number of sulfonamides is 1. The lowest BCUT2D eigenvalue weighted by Crippen LogP contribution is -2.41. The van der Waals surface area contributed by atoms with Gasteiger partial charge in [0.15, 0.2) is 0 Å². The summed E-state index contributed by atoms with van der Waals surface area (Å²) in [5.74, 6) is 0.376. The summed E-state index contributed by atoms with van der Waals surface area (Å²) in [6, 6.07) is 3.35. The SMILES string of the molecule is O=S(=O)(c1c(Cl)cc(Br)cc1Cl)N1CC2CCCNC2C1. The van der Waals surface area contributed by atoms with Crippen LogP contribution >= 0.6 is 39.1 Å². The molecule has 2 unspecified atom stereocenters. The van der Waals surface area contributed by atoms with Crippen LogP contribution in [0.2, 0.25) is 10.0 Å². The van der Waals surface area contributed by atoms with E-state index in [4.69, 9.17) is 23.2 Å². The van der Waals surface area contributed by atoms with Gasteiger partial charge in [0.2, 0.25) is 10.0 Å². The Morgan fingerprint density at radius 3 is 2.52 bits per heavy atom. The van der Waals surface area contributed by atoms with Gasteiger partial charge in [-0.05, 0) is 37.4 Å². The van der Waals surface area contributed by atoms with Gasteiger partial charge in [0, 0.05) is 23.6 Å². The molecule has 2 fully saturated rings. The first-order valence-corrected chi connectivity index (χ1v) is 9.76. The number of benzene rings is 1. The van der Waals surface area contributed by atoms with Crippen molar-refractivity contribution in [1.82, 2.24) is 9.62 Å². The van der Waals surface area contributed by atoms with E-state index in [9.17, 15) is 8.42 Å². The molecule has 1 N–H and O–H groups in total. The van der Waals surface area contributed by atoms with Crippen molar-refractivity contribution >= 4 is 49.2 Å². The second kappa shape index (κ2) is 5.98. The van der Waals surface area contributed by atoms with Gasteiger partial charge in [-0.25, -0.2) is 8.42 Å². The van der Waals surface area contributed by atoms with Crippen molar-refractivity contribution in [3.05, 3.63) is 26.7 Å². The van der Waals surface area contributed by atoms with Crippen LogP contribution in [0.3, 0.4) is 0 Å². The minimum atomic E-state index is -3.67. The molecule has 3 rings (SSSR count). The molecule has 0 aliphatic carbocycles. The van der Waals surface area contributed by atoms with Crippen LogP contribution in [0, 0.1) is 5.92 Å². The number of piperidine rings is 1. The maximum atomic E-state index is 12.8. The molecule has 1 aromatic rings. The predicted octanol–water partition coefficient (Wildman–Crippen LogP) is 3.13. The van der Waals surface area contributed by atoms with E-state index in [1.165, 1.54) is 4.31 Å². The van der Waals surface area contributed by atoms with Crippen molar-refractivity contribution in [1.29, 1.82) is 0 Å². The van der Waals surface area contributed by atoms with Crippen LogP contribution in [0.1, 0.15) is 12.8 Å². The molecule has 116 valence electrons. The summed E-state index contributed by atoms with van der Waals surface area (Å²) >= 11 is 15.5. The third kappa shape index (κ3) is 2.99. The topological polar surface area (TPSA) is 49.4 Å². The molecule has 4 nitrogen and oxygen atoms in total. The zero-order valence-corrected chi connectivity index (χ0v) is 15.1. The molecule has 0 bridgehead atoms. The first-order chi connectivity index (χ1) is 9.89. The normalized spacial score (nSPS) is 26.8. The van der Waals surface area contributed by atoms with Crippen molar-refractivity contribution in [2.75, 3.05) is 19.6 Å². The van der Waals surface area contributed by atoms with Crippen molar-refractivity contribution in [3.8, 4) is 0 Å². The maximum Gasteiger partial charge on any atom is 0.246 e. The van der Waals surface area contributed by atoms with E-state index in [1.807, 2.05) is 0 Å². The van der Waals surface area contributed by atoms with Gasteiger partial charge in [-0.1, -0.05) is 39.1 Å². The second-order valence-electron chi connectivity index (χ2n) is 5.48. The van der Waals surface area contributed by atoms with Crippen LogP contribution in [-0.2, 0) is 10.0 Å². The van der Waals surface area contributed by atoms with Crippen molar-refractivity contribution < 1.29 is 8.42 Å². The second-order valence-corrected chi connectivity index (χ2v) is 9.09. The fourth-order valence-corrected chi connectivity index (χ4v) is 6.51. The molecular formula is C13H15BrCl2N2O2S. The number of nitrogens with one attached hydrogen (secondary N) is 1. The Labute approximate surface area is 143 Å². The molecule has 1 aromatic carbocycles. The van der Waals surface area contributed by atoms with Gasteiger partial charge in [0.1, 0.15) is 4.90 Å². The van der Waals surface area contributed by atoms with Crippen LogP contribution in [0.5, 0.6) is 0 Å². The molecule has 8 heteroatoms. The fourth-order valence-electron chi connectivity index (χ4n) is 3.11. The standard InChI is InChI=1S/C13H15BrCl2N2O2S/c14-9-4-10(15)13(11(16)5-9)21(19,20)18-6-8-2-1-3-17-12(8)7-18/h4-5,8,12,17H,1-3,6-7H2. The average molecular weight is 414 g/mol. The molecule has 0 radical (unpaired) electrons. The monoisotopic (exact) mass is 412 g/mol. The van der Waals surface area contributed by atoms with Crippen molar-refractivity contribution in [2.45, 2.75) is 23.8 Å². The van der Waals surface area contributed by atoms with Gasteiger partial charge < -0.3 is 5.32 Å². The molecule has 2 saturated heterocycles. The first kappa shape index (κ1) is 16.0. The summed E-state index contributed by atoms with van der Waals surface area (Å²) in [7, 11) is -3.67. The van der Waals surface area contributed by atoms with E-state index >= 15 is 0 Å². The zero-order valence-electron chi connectivity index (χ0n) is 11.2. The zero-order chi connectivity index (χ0) is 15.2. The highest BCUT2D eigenvalue weighted by Crippen LogP contribution is 2.37. The van der Waals surface area contributed by atoms with E-state index in [0.29, 0.717) is 23.5 Å². The van der Waals surface area contributed by atoms with Gasteiger partial charge in [-0.2, -0.15) is 4.31 Å². The van der Waals surface area contributed by atoms with E-state index in [2.05, 4.69) is 21.2 Å². The average Bonchev–Trinajstić information content (AvgIpc) is 2.81. The Morgan fingerprint density at radius 1 is 1.24 bits per heavy atom. The van der Waals surface area contributed by atoms with Crippen LogP contribution in [-0.4, -0.2) is 38.4 Å². The van der Waals surface area contributed by atoms with Gasteiger partial charge in [-0.15, -0.1) is 0 Å². The largest absolute Gasteiger partial charge is 0.312 e. The van der Waals surface area contributed by atoms with Gasteiger partial charge >= 0.3 is 0 Å². The maximum absolute atomic E-state index is 12.8. The Hall–Kier alpha value is 0.150. The third-order valence-corrected chi connectivity index (χ3v) is 7.34. The number of hydrogen-bond donors (Lipinski definition) is 1. The van der Waals surface area contributed by atoms with Crippen LogP contribution in [0.4, 0.5) is 0 Å². The Balaban J connectivity index is 1.95. The molecule has 2 atom stereocenters. The Kier molecular flexibility index (Phi) is 4.56. The quantitative estimate of drug-likeness (QED) is 0.810. The lowest BCUT2D eigenvalue weighted by molar-refractivity contribution is 0.339. The molecule has 0 saturated carbocycles. The molecule has 2 aliphatic rings. The first-order valence-electron chi connectivity index (χ1n) is 6.77. The van der Waals surface area contributed by atoms with E-state index in [0.717, 1.165) is 19.4 Å². The number of halogens is 3. The minimum Gasteiger partial charge on any atom is -0.312 e. The van der Waals surface area contributed by atoms with E-state index in [1.54, 1.807) is 12.1 Å². The summed E-state index contributed by atoms with van der Waals surface area (Å²) in [5.41, 5.74) is 0. The summed E-state index contributed by atoms with van der Waals surface area (Å²) < 4.78 is 27.9. The highest BCUT2D eigenvalue weighted by atomic mass is 79.9. The van der Waals surface area contributed by atoms with Gasteiger partial charge in [-0.3, -0.25) is 0 Å². The number of rotatable bonds is 2. The summed E-state index contributed by atoms with van der Waals surface area (Å²) in [6.07, 6.45) is 2.15. The van der Waals surface area contributed by atoms with Crippen LogP contribution in [0.15, 0.2) is 21.5 Å². The van der Waals surface area contributed by atoms with Crippen LogP contribution in [0.25, 0.3) is 0 Å². The molecule has 2 aliphatic heterocycles. The highest BCUT2D eigenvalue weighted by molar-refractivity contribution is 9.10. The van der Waals surface area contributed by atoms with Crippen LogP contribution < -0.4 is 5.32 Å². The lowest BCUT2D eigenvalue weighted by Gasteiger charge is -2.24. The van der Waals surface area contributed by atoms with E-state index < -0.39 is 10.0 Å². The molecule has 0 aromatic heterocycles. The molecular weight excluding hydrogens is 399 g/mol. The molecule has 21 heavy (non-hydrogen) atoms. The minimum absolute atomic E-state index is 0.00711.